The van der Waals surface area contributed by atoms with Crippen LogP contribution < -0.4 is 5.32 Å². The second kappa shape index (κ2) is 7.91. The van der Waals surface area contributed by atoms with Crippen LogP contribution in [-0.2, 0) is 6.42 Å². The first-order valence-corrected chi connectivity index (χ1v) is 9.44. The van der Waals surface area contributed by atoms with Crippen molar-refractivity contribution in [3.8, 4) is 0 Å². The van der Waals surface area contributed by atoms with E-state index in [4.69, 9.17) is 0 Å². The van der Waals surface area contributed by atoms with Crippen LogP contribution in [0.15, 0.2) is 22.7 Å². The molecule has 0 saturated heterocycles. The minimum atomic E-state index is 0.522. The van der Waals surface area contributed by atoms with Crippen molar-refractivity contribution in [1.29, 1.82) is 0 Å². The van der Waals surface area contributed by atoms with Crippen molar-refractivity contribution in [3.05, 3.63) is 22.4 Å². The van der Waals surface area contributed by atoms with Gasteiger partial charge in [0, 0.05) is 17.2 Å². The van der Waals surface area contributed by atoms with Gasteiger partial charge in [0.2, 0.25) is 5.16 Å². The first kappa shape index (κ1) is 15.0. The average Bonchev–Trinajstić information content (AvgIpc) is 3.23. The lowest BCUT2D eigenvalue weighted by atomic mass is 10.3. The molecule has 0 aromatic carbocycles. The topological polar surface area (TPSA) is 55.6 Å². The maximum absolute atomic E-state index is 4.16. The highest BCUT2D eigenvalue weighted by Crippen LogP contribution is 2.31. The summed E-state index contributed by atoms with van der Waals surface area (Å²) in [5.74, 6) is 1.01. The molecule has 1 N–H and O–H groups in total. The van der Waals surface area contributed by atoms with Gasteiger partial charge in [-0.15, -0.1) is 16.4 Å². The molecule has 0 spiro atoms. The number of hydrogen-bond acceptors (Lipinski definition) is 6. The quantitative estimate of drug-likeness (QED) is 0.598. The van der Waals surface area contributed by atoms with Crippen molar-refractivity contribution in [2.75, 3.05) is 18.8 Å². The summed E-state index contributed by atoms with van der Waals surface area (Å²) in [5.41, 5.74) is 0. The van der Waals surface area contributed by atoms with E-state index in [1.165, 1.54) is 30.6 Å². The van der Waals surface area contributed by atoms with Crippen molar-refractivity contribution in [2.24, 2.45) is 0 Å². The summed E-state index contributed by atoms with van der Waals surface area (Å²) in [7, 11) is 0. The van der Waals surface area contributed by atoms with Crippen molar-refractivity contribution in [2.45, 2.75) is 43.3 Å². The number of thioether (sulfide) groups is 1. The molecular weight excluding hydrogens is 302 g/mol. The Morgan fingerprint density at radius 2 is 2.24 bits per heavy atom. The molecule has 2 aromatic rings. The standard InChI is InChI=1S/C14H21N5S2/c1-2-5-12(4-1)19-14(16-17-18-19)21-11-9-15-8-7-13-6-3-10-20-13/h3,6,10,12,15H,1-2,4-5,7-9,11H2. The molecule has 21 heavy (non-hydrogen) atoms. The van der Waals surface area contributed by atoms with E-state index < -0.39 is 0 Å². The molecule has 1 aliphatic carbocycles. The van der Waals surface area contributed by atoms with Gasteiger partial charge in [0.1, 0.15) is 0 Å². The van der Waals surface area contributed by atoms with E-state index in [2.05, 4.69) is 38.4 Å². The van der Waals surface area contributed by atoms with Gasteiger partial charge in [-0.25, -0.2) is 4.68 Å². The molecule has 1 fully saturated rings. The van der Waals surface area contributed by atoms with Gasteiger partial charge in [0.25, 0.3) is 0 Å². The lowest BCUT2D eigenvalue weighted by Crippen LogP contribution is -2.20. The van der Waals surface area contributed by atoms with Crippen LogP contribution in [0.4, 0.5) is 0 Å². The highest BCUT2D eigenvalue weighted by Gasteiger charge is 2.21. The van der Waals surface area contributed by atoms with Crippen LogP contribution in [0.25, 0.3) is 0 Å². The number of hydrogen-bond donors (Lipinski definition) is 1. The Bertz CT molecular complexity index is 519. The fraction of sp³-hybridized carbons (Fsp3) is 0.643. The molecule has 0 unspecified atom stereocenters. The van der Waals surface area contributed by atoms with Gasteiger partial charge in [-0.1, -0.05) is 30.7 Å². The van der Waals surface area contributed by atoms with Crippen molar-refractivity contribution in [1.82, 2.24) is 25.5 Å². The molecule has 0 bridgehead atoms. The first-order chi connectivity index (χ1) is 10.4. The molecule has 5 nitrogen and oxygen atoms in total. The van der Waals surface area contributed by atoms with Crippen LogP contribution in [0.5, 0.6) is 0 Å². The molecule has 0 atom stereocenters. The van der Waals surface area contributed by atoms with Crippen LogP contribution in [0.3, 0.4) is 0 Å². The molecule has 3 rings (SSSR count). The molecule has 2 heterocycles. The molecule has 0 aliphatic heterocycles. The van der Waals surface area contributed by atoms with Crippen LogP contribution in [0.1, 0.15) is 36.6 Å². The smallest absolute Gasteiger partial charge is 0.209 e. The van der Waals surface area contributed by atoms with Gasteiger partial charge in [-0.3, -0.25) is 0 Å². The van der Waals surface area contributed by atoms with E-state index in [9.17, 15) is 0 Å². The minimum absolute atomic E-state index is 0.522. The number of thiophene rings is 1. The highest BCUT2D eigenvalue weighted by molar-refractivity contribution is 7.99. The number of rotatable bonds is 8. The van der Waals surface area contributed by atoms with E-state index >= 15 is 0 Å². The number of aromatic nitrogens is 4. The summed E-state index contributed by atoms with van der Waals surface area (Å²) < 4.78 is 2.03. The summed E-state index contributed by atoms with van der Waals surface area (Å²) in [6.45, 7) is 2.03. The summed E-state index contributed by atoms with van der Waals surface area (Å²) >= 11 is 3.58. The molecule has 7 heteroatoms. The maximum atomic E-state index is 4.16. The zero-order valence-corrected chi connectivity index (χ0v) is 13.7. The van der Waals surface area contributed by atoms with Gasteiger partial charge in [0.05, 0.1) is 6.04 Å². The lowest BCUT2D eigenvalue weighted by Gasteiger charge is -2.10. The molecule has 0 radical (unpaired) electrons. The van der Waals surface area contributed by atoms with Crippen LogP contribution in [0, 0.1) is 0 Å². The highest BCUT2D eigenvalue weighted by atomic mass is 32.2. The zero-order valence-electron chi connectivity index (χ0n) is 12.1. The van der Waals surface area contributed by atoms with Crippen molar-refractivity contribution < 1.29 is 0 Å². The van der Waals surface area contributed by atoms with E-state index in [1.807, 2.05) is 16.0 Å². The minimum Gasteiger partial charge on any atom is -0.316 e. The molecule has 1 aliphatic rings. The monoisotopic (exact) mass is 323 g/mol. The number of nitrogens with zero attached hydrogens (tertiary/aromatic N) is 4. The Hall–Kier alpha value is -0.920. The third kappa shape index (κ3) is 4.28. The van der Waals surface area contributed by atoms with E-state index in [0.29, 0.717) is 6.04 Å². The predicted molar refractivity (Wildman–Crippen MR) is 86.9 cm³/mol. The summed E-state index contributed by atoms with van der Waals surface area (Å²) in [6, 6.07) is 4.82. The summed E-state index contributed by atoms with van der Waals surface area (Å²) in [6.07, 6.45) is 6.16. The Balaban J connectivity index is 1.35. The van der Waals surface area contributed by atoms with Gasteiger partial charge >= 0.3 is 0 Å². The largest absolute Gasteiger partial charge is 0.316 e. The third-order valence-corrected chi connectivity index (χ3v) is 5.64. The van der Waals surface area contributed by atoms with E-state index in [-0.39, 0.29) is 0 Å². The van der Waals surface area contributed by atoms with Gasteiger partial charge in [0.15, 0.2) is 0 Å². The average molecular weight is 323 g/mol. The summed E-state index contributed by atoms with van der Waals surface area (Å²) in [5, 5.41) is 18.7. The predicted octanol–water partition coefficient (Wildman–Crippen LogP) is 2.77. The molecular formula is C14H21N5S2. The summed E-state index contributed by atoms with van der Waals surface area (Å²) in [4.78, 5) is 1.44. The molecule has 114 valence electrons. The second-order valence-electron chi connectivity index (χ2n) is 5.27. The number of tetrazole rings is 1. The molecule has 0 amide bonds. The fourth-order valence-electron chi connectivity index (χ4n) is 2.66. The fourth-order valence-corrected chi connectivity index (χ4v) is 4.21. The molecule has 2 aromatic heterocycles. The SMILES string of the molecule is c1csc(CCNCCSc2nnnn2C2CCCC2)c1. The zero-order chi connectivity index (χ0) is 14.3. The Labute approximate surface area is 133 Å². The van der Waals surface area contributed by atoms with Crippen LogP contribution in [-0.4, -0.2) is 39.0 Å². The normalized spacial score (nSPS) is 15.8. The first-order valence-electron chi connectivity index (χ1n) is 7.57. The maximum Gasteiger partial charge on any atom is 0.209 e. The van der Waals surface area contributed by atoms with Crippen molar-refractivity contribution >= 4 is 23.1 Å². The van der Waals surface area contributed by atoms with Gasteiger partial charge in [-0.2, -0.15) is 0 Å². The van der Waals surface area contributed by atoms with Crippen molar-refractivity contribution in [3.63, 3.8) is 0 Å². The lowest BCUT2D eigenvalue weighted by molar-refractivity contribution is 0.423. The van der Waals surface area contributed by atoms with Gasteiger partial charge < -0.3 is 5.32 Å². The van der Waals surface area contributed by atoms with Crippen LogP contribution in [0.2, 0.25) is 0 Å². The van der Waals surface area contributed by atoms with E-state index in [0.717, 1.165) is 30.4 Å². The second-order valence-corrected chi connectivity index (χ2v) is 7.37. The Morgan fingerprint density at radius 1 is 1.33 bits per heavy atom. The Kier molecular flexibility index (Phi) is 5.65. The van der Waals surface area contributed by atoms with Gasteiger partial charge in [-0.05, 0) is 47.7 Å². The molecule has 1 saturated carbocycles. The van der Waals surface area contributed by atoms with E-state index in [1.54, 1.807) is 11.8 Å². The number of nitrogens with one attached hydrogen (secondary N) is 1. The van der Waals surface area contributed by atoms with Crippen LogP contribution >= 0.6 is 23.1 Å². The third-order valence-electron chi connectivity index (χ3n) is 3.77. The Morgan fingerprint density at radius 3 is 3.05 bits per heavy atom.